The van der Waals surface area contributed by atoms with Gasteiger partial charge in [-0.3, -0.25) is 0 Å². The standard InChI is InChI=1S/C13H14FN3O/c14-9-4-3-5-10(17-6-1-2-7-17)13(9)11-8-12(15)16-18-11/h3-5,8H,1-2,6-7H2,(H2,15,16). The maximum atomic E-state index is 14.0. The van der Waals surface area contributed by atoms with Crippen LogP contribution in [0, 0.1) is 5.82 Å². The lowest BCUT2D eigenvalue weighted by atomic mass is 10.1. The normalized spacial score (nSPS) is 15.3. The van der Waals surface area contributed by atoms with E-state index < -0.39 is 0 Å². The van der Waals surface area contributed by atoms with Gasteiger partial charge in [0.05, 0.1) is 11.3 Å². The first-order valence-corrected chi connectivity index (χ1v) is 6.02. The molecule has 0 unspecified atom stereocenters. The Bertz CT molecular complexity index is 561. The number of nitrogens with zero attached hydrogens (tertiary/aromatic N) is 2. The van der Waals surface area contributed by atoms with Crippen molar-refractivity contribution in [2.45, 2.75) is 12.8 Å². The Morgan fingerprint density at radius 1 is 1.28 bits per heavy atom. The smallest absolute Gasteiger partial charge is 0.174 e. The van der Waals surface area contributed by atoms with Crippen molar-refractivity contribution in [3.63, 3.8) is 0 Å². The highest BCUT2D eigenvalue weighted by Gasteiger charge is 2.21. The third-order valence-electron chi connectivity index (χ3n) is 3.21. The average Bonchev–Trinajstić information content (AvgIpc) is 2.99. The van der Waals surface area contributed by atoms with E-state index in [-0.39, 0.29) is 11.6 Å². The molecule has 0 aliphatic carbocycles. The van der Waals surface area contributed by atoms with Gasteiger partial charge < -0.3 is 15.2 Å². The van der Waals surface area contributed by atoms with E-state index >= 15 is 0 Å². The van der Waals surface area contributed by atoms with Crippen LogP contribution in [-0.4, -0.2) is 18.2 Å². The van der Waals surface area contributed by atoms with Gasteiger partial charge in [-0.1, -0.05) is 11.2 Å². The number of hydrogen-bond donors (Lipinski definition) is 1. The van der Waals surface area contributed by atoms with Crippen LogP contribution in [0.5, 0.6) is 0 Å². The minimum atomic E-state index is -0.310. The first kappa shape index (κ1) is 11.1. The molecular weight excluding hydrogens is 233 g/mol. The highest BCUT2D eigenvalue weighted by atomic mass is 19.1. The van der Waals surface area contributed by atoms with Crippen LogP contribution in [0.15, 0.2) is 28.8 Å². The monoisotopic (exact) mass is 247 g/mol. The molecule has 3 rings (SSSR count). The molecule has 4 nitrogen and oxygen atoms in total. The lowest BCUT2D eigenvalue weighted by Crippen LogP contribution is -2.18. The quantitative estimate of drug-likeness (QED) is 0.886. The largest absolute Gasteiger partial charge is 0.381 e. The van der Waals surface area contributed by atoms with Crippen LogP contribution in [0.3, 0.4) is 0 Å². The molecular formula is C13H14FN3O. The molecule has 1 saturated heterocycles. The van der Waals surface area contributed by atoms with E-state index in [1.54, 1.807) is 12.1 Å². The minimum absolute atomic E-state index is 0.264. The molecule has 94 valence electrons. The van der Waals surface area contributed by atoms with Crippen molar-refractivity contribution in [2.75, 3.05) is 23.7 Å². The Kier molecular flexibility index (Phi) is 2.66. The van der Waals surface area contributed by atoms with E-state index in [1.807, 2.05) is 6.07 Å². The molecule has 0 saturated carbocycles. The molecule has 0 atom stereocenters. The lowest BCUT2D eigenvalue weighted by Gasteiger charge is -2.20. The second-order valence-corrected chi connectivity index (χ2v) is 4.44. The Morgan fingerprint density at radius 3 is 2.72 bits per heavy atom. The SMILES string of the molecule is Nc1cc(-c2c(F)cccc2N2CCCC2)on1. The number of anilines is 2. The first-order valence-electron chi connectivity index (χ1n) is 6.02. The second kappa shape index (κ2) is 4.33. The number of rotatable bonds is 2. The number of hydrogen-bond acceptors (Lipinski definition) is 4. The number of aromatic nitrogens is 1. The van der Waals surface area contributed by atoms with Gasteiger partial charge in [-0.15, -0.1) is 0 Å². The highest BCUT2D eigenvalue weighted by molar-refractivity contribution is 5.77. The van der Waals surface area contributed by atoms with Crippen LogP contribution in [0.25, 0.3) is 11.3 Å². The zero-order valence-electron chi connectivity index (χ0n) is 9.90. The third kappa shape index (κ3) is 1.81. The maximum absolute atomic E-state index is 14.0. The van der Waals surface area contributed by atoms with Gasteiger partial charge in [-0.05, 0) is 25.0 Å². The molecule has 1 aromatic heterocycles. The summed E-state index contributed by atoms with van der Waals surface area (Å²) in [6.45, 7) is 1.89. The molecule has 5 heteroatoms. The molecule has 18 heavy (non-hydrogen) atoms. The van der Waals surface area contributed by atoms with E-state index in [9.17, 15) is 4.39 Å². The van der Waals surface area contributed by atoms with Crippen LogP contribution in [-0.2, 0) is 0 Å². The fourth-order valence-electron chi connectivity index (χ4n) is 2.38. The summed E-state index contributed by atoms with van der Waals surface area (Å²) >= 11 is 0. The molecule has 1 aliphatic rings. The molecule has 1 aromatic carbocycles. The average molecular weight is 247 g/mol. The highest BCUT2D eigenvalue weighted by Crippen LogP contribution is 2.35. The zero-order chi connectivity index (χ0) is 12.5. The summed E-state index contributed by atoms with van der Waals surface area (Å²) in [4.78, 5) is 2.16. The minimum Gasteiger partial charge on any atom is -0.381 e. The van der Waals surface area contributed by atoms with E-state index in [2.05, 4.69) is 10.1 Å². The first-order chi connectivity index (χ1) is 8.75. The van der Waals surface area contributed by atoms with Gasteiger partial charge in [0, 0.05) is 19.2 Å². The van der Waals surface area contributed by atoms with E-state index in [0.29, 0.717) is 11.3 Å². The van der Waals surface area contributed by atoms with Crippen LogP contribution in [0.2, 0.25) is 0 Å². The summed E-state index contributed by atoms with van der Waals surface area (Å²) < 4.78 is 19.1. The maximum Gasteiger partial charge on any atom is 0.174 e. The fraction of sp³-hybridized carbons (Fsp3) is 0.308. The van der Waals surface area contributed by atoms with Crippen molar-refractivity contribution in [3.8, 4) is 11.3 Å². The van der Waals surface area contributed by atoms with Crippen LogP contribution in [0.4, 0.5) is 15.9 Å². The molecule has 1 aliphatic heterocycles. The summed E-state index contributed by atoms with van der Waals surface area (Å²) in [5, 5.41) is 3.62. The van der Waals surface area contributed by atoms with E-state index in [4.69, 9.17) is 10.3 Å². The summed E-state index contributed by atoms with van der Waals surface area (Å²) in [5.41, 5.74) is 6.83. The van der Waals surface area contributed by atoms with Gasteiger partial charge in [0.1, 0.15) is 5.82 Å². The number of nitrogen functional groups attached to an aromatic ring is 1. The number of halogens is 1. The topological polar surface area (TPSA) is 55.3 Å². The van der Waals surface area contributed by atoms with Crippen LogP contribution >= 0.6 is 0 Å². The van der Waals surface area contributed by atoms with Gasteiger partial charge in [0.15, 0.2) is 11.6 Å². The third-order valence-corrected chi connectivity index (χ3v) is 3.21. The Labute approximate surface area is 104 Å². The Morgan fingerprint density at radius 2 is 2.06 bits per heavy atom. The predicted molar refractivity (Wildman–Crippen MR) is 67.8 cm³/mol. The molecule has 0 amide bonds. The number of nitrogens with two attached hydrogens (primary N) is 1. The van der Waals surface area contributed by atoms with Gasteiger partial charge in [-0.2, -0.15) is 0 Å². The van der Waals surface area contributed by atoms with Crippen molar-refractivity contribution in [1.29, 1.82) is 0 Å². The fourth-order valence-corrected chi connectivity index (χ4v) is 2.38. The molecule has 0 radical (unpaired) electrons. The molecule has 2 aromatic rings. The van der Waals surface area contributed by atoms with Gasteiger partial charge in [0.2, 0.25) is 0 Å². The summed E-state index contributed by atoms with van der Waals surface area (Å²) in [5.74, 6) is 0.337. The predicted octanol–water partition coefficient (Wildman–Crippen LogP) is 2.66. The van der Waals surface area contributed by atoms with E-state index in [1.165, 1.54) is 6.07 Å². The van der Waals surface area contributed by atoms with E-state index in [0.717, 1.165) is 31.6 Å². The van der Waals surface area contributed by atoms with Crippen molar-refractivity contribution < 1.29 is 8.91 Å². The van der Waals surface area contributed by atoms with Crippen LogP contribution < -0.4 is 10.6 Å². The lowest BCUT2D eigenvalue weighted by molar-refractivity contribution is 0.433. The van der Waals surface area contributed by atoms with Crippen molar-refractivity contribution in [3.05, 3.63) is 30.1 Å². The van der Waals surface area contributed by atoms with Crippen LogP contribution in [0.1, 0.15) is 12.8 Å². The second-order valence-electron chi connectivity index (χ2n) is 4.44. The summed E-state index contributed by atoms with van der Waals surface area (Å²) in [7, 11) is 0. The van der Waals surface area contributed by atoms with Crippen molar-refractivity contribution in [2.24, 2.45) is 0 Å². The Balaban J connectivity index is 2.11. The van der Waals surface area contributed by atoms with Gasteiger partial charge >= 0.3 is 0 Å². The molecule has 2 heterocycles. The summed E-state index contributed by atoms with van der Waals surface area (Å²) in [6.07, 6.45) is 2.27. The molecule has 2 N–H and O–H groups in total. The molecule has 1 fully saturated rings. The van der Waals surface area contributed by atoms with Crippen molar-refractivity contribution >= 4 is 11.5 Å². The van der Waals surface area contributed by atoms with Gasteiger partial charge in [0.25, 0.3) is 0 Å². The number of benzene rings is 1. The van der Waals surface area contributed by atoms with Gasteiger partial charge in [-0.25, -0.2) is 4.39 Å². The molecule has 0 bridgehead atoms. The van der Waals surface area contributed by atoms with Crippen molar-refractivity contribution in [1.82, 2.24) is 5.16 Å². The summed E-state index contributed by atoms with van der Waals surface area (Å²) in [6, 6.07) is 6.60. The molecule has 0 spiro atoms. The Hall–Kier alpha value is -2.04. The zero-order valence-corrected chi connectivity index (χ0v) is 9.90.